The maximum atomic E-state index is 9.93. The lowest BCUT2D eigenvalue weighted by atomic mass is 10.0. The predicted octanol–water partition coefficient (Wildman–Crippen LogP) is 3.86. The van der Waals surface area contributed by atoms with Crippen molar-refractivity contribution in [3.05, 3.63) is 58.0 Å². The van der Waals surface area contributed by atoms with Gasteiger partial charge < -0.3 is 9.52 Å². The Balaban J connectivity index is 2.21. The summed E-state index contributed by atoms with van der Waals surface area (Å²) in [7, 11) is 0. The van der Waals surface area contributed by atoms with E-state index in [1.165, 1.54) is 12.5 Å². The van der Waals surface area contributed by atoms with Gasteiger partial charge in [-0.15, -0.1) is 0 Å². The molecule has 0 aliphatic heterocycles. The topological polar surface area (TPSA) is 33.4 Å². The van der Waals surface area contributed by atoms with Gasteiger partial charge in [0.25, 0.3) is 0 Å². The van der Waals surface area contributed by atoms with E-state index in [1.807, 2.05) is 0 Å². The van der Waals surface area contributed by atoms with Crippen molar-refractivity contribution in [3.63, 3.8) is 0 Å². The maximum absolute atomic E-state index is 9.93. The lowest BCUT2D eigenvalue weighted by Gasteiger charge is -2.11. The van der Waals surface area contributed by atoms with E-state index in [-0.39, 0.29) is 0 Å². The summed E-state index contributed by atoms with van der Waals surface area (Å²) >= 11 is 12.0. The monoisotopic (exact) mass is 256 g/mol. The smallest absolute Gasteiger partial charge is 0.0960 e. The summed E-state index contributed by atoms with van der Waals surface area (Å²) in [5.41, 5.74) is 1.47. The van der Waals surface area contributed by atoms with Crippen LogP contribution in [0.3, 0.4) is 0 Å². The van der Waals surface area contributed by atoms with Gasteiger partial charge >= 0.3 is 0 Å². The average molecular weight is 257 g/mol. The molecule has 2 nitrogen and oxygen atoms in total. The van der Waals surface area contributed by atoms with Crippen LogP contribution in [-0.2, 0) is 6.42 Å². The number of rotatable bonds is 3. The van der Waals surface area contributed by atoms with Crippen LogP contribution in [0.4, 0.5) is 0 Å². The first-order chi connectivity index (χ1) is 7.68. The molecule has 1 aromatic heterocycles. The van der Waals surface area contributed by atoms with E-state index in [4.69, 9.17) is 27.6 Å². The molecule has 0 saturated carbocycles. The molecule has 1 aromatic carbocycles. The van der Waals surface area contributed by atoms with Crippen molar-refractivity contribution in [1.29, 1.82) is 0 Å². The van der Waals surface area contributed by atoms with Gasteiger partial charge in [0.15, 0.2) is 0 Å². The molecule has 1 atom stereocenters. The summed E-state index contributed by atoms with van der Waals surface area (Å²) in [4.78, 5) is 0. The average Bonchev–Trinajstić information content (AvgIpc) is 2.76. The molecule has 0 aliphatic carbocycles. The Labute approximate surface area is 103 Å². The zero-order chi connectivity index (χ0) is 11.5. The maximum Gasteiger partial charge on any atom is 0.0960 e. The Morgan fingerprint density at radius 3 is 2.44 bits per heavy atom. The number of aliphatic hydroxyl groups is 1. The Bertz CT molecular complexity index is 446. The van der Waals surface area contributed by atoms with Crippen LogP contribution in [0.5, 0.6) is 0 Å². The summed E-state index contributed by atoms with van der Waals surface area (Å²) in [6.45, 7) is 0. The highest BCUT2D eigenvalue weighted by Crippen LogP contribution is 2.29. The fourth-order valence-corrected chi connectivity index (χ4v) is 2.05. The molecule has 16 heavy (non-hydrogen) atoms. The van der Waals surface area contributed by atoms with Gasteiger partial charge in [-0.2, -0.15) is 0 Å². The van der Waals surface area contributed by atoms with Gasteiger partial charge in [-0.25, -0.2) is 0 Å². The van der Waals surface area contributed by atoms with Crippen LogP contribution in [0.2, 0.25) is 10.0 Å². The predicted molar refractivity (Wildman–Crippen MR) is 63.8 cm³/mol. The molecule has 0 amide bonds. The van der Waals surface area contributed by atoms with E-state index >= 15 is 0 Å². The molecular formula is C12H10Cl2O2. The van der Waals surface area contributed by atoms with Crippen LogP contribution in [0, 0.1) is 0 Å². The highest BCUT2D eigenvalue weighted by Gasteiger charge is 2.14. The third-order valence-electron chi connectivity index (χ3n) is 2.39. The third-order valence-corrected chi connectivity index (χ3v) is 3.10. The molecule has 1 heterocycles. The molecule has 2 aromatic rings. The van der Waals surface area contributed by atoms with E-state index in [2.05, 4.69) is 0 Å². The molecular weight excluding hydrogens is 247 g/mol. The van der Waals surface area contributed by atoms with Crippen LogP contribution in [-0.4, -0.2) is 5.11 Å². The van der Waals surface area contributed by atoms with Crippen LogP contribution < -0.4 is 0 Å². The summed E-state index contributed by atoms with van der Waals surface area (Å²) in [5, 5.41) is 11.1. The minimum Gasteiger partial charge on any atom is -0.472 e. The van der Waals surface area contributed by atoms with E-state index in [9.17, 15) is 5.11 Å². The number of halogens is 2. The number of furan rings is 1. The summed E-state index contributed by atoms with van der Waals surface area (Å²) in [6, 6.07) is 7.00. The molecule has 0 aliphatic rings. The molecule has 0 saturated heterocycles. The van der Waals surface area contributed by atoms with Gasteiger partial charge in [-0.05, 0) is 23.8 Å². The second-order valence-electron chi connectivity index (χ2n) is 3.48. The van der Waals surface area contributed by atoms with E-state index in [1.54, 1.807) is 24.3 Å². The SMILES string of the molecule is OC(Cc1c(Cl)cccc1Cl)c1ccoc1. The first-order valence-corrected chi connectivity index (χ1v) is 5.57. The third kappa shape index (κ3) is 2.40. The summed E-state index contributed by atoms with van der Waals surface area (Å²) in [6.07, 6.45) is 2.75. The number of aliphatic hydroxyl groups excluding tert-OH is 1. The van der Waals surface area contributed by atoms with Gasteiger partial charge in [-0.3, -0.25) is 0 Å². The minimum absolute atomic E-state index is 0.373. The standard InChI is InChI=1S/C12H10Cl2O2/c13-10-2-1-3-11(14)9(10)6-12(15)8-4-5-16-7-8/h1-5,7,12,15H,6H2. The zero-order valence-corrected chi connectivity index (χ0v) is 9.87. The zero-order valence-electron chi connectivity index (χ0n) is 8.36. The van der Waals surface area contributed by atoms with Crippen molar-refractivity contribution in [3.8, 4) is 0 Å². The molecule has 4 heteroatoms. The Hall–Kier alpha value is -0.960. The molecule has 0 radical (unpaired) electrons. The fourth-order valence-electron chi connectivity index (χ4n) is 1.50. The number of hydrogen-bond donors (Lipinski definition) is 1. The number of hydrogen-bond acceptors (Lipinski definition) is 2. The molecule has 0 bridgehead atoms. The first kappa shape index (κ1) is 11.5. The van der Waals surface area contributed by atoms with E-state index in [0.29, 0.717) is 16.5 Å². The van der Waals surface area contributed by atoms with Crippen molar-refractivity contribution in [2.24, 2.45) is 0 Å². The highest BCUT2D eigenvalue weighted by atomic mass is 35.5. The normalized spacial score (nSPS) is 12.7. The fraction of sp³-hybridized carbons (Fsp3) is 0.167. The summed E-state index contributed by atoms with van der Waals surface area (Å²) in [5.74, 6) is 0. The van der Waals surface area contributed by atoms with Crippen molar-refractivity contribution in [1.82, 2.24) is 0 Å². The molecule has 0 spiro atoms. The van der Waals surface area contributed by atoms with Crippen molar-refractivity contribution in [2.75, 3.05) is 0 Å². The van der Waals surface area contributed by atoms with Crippen LogP contribution >= 0.6 is 23.2 Å². The van der Waals surface area contributed by atoms with Crippen molar-refractivity contribution in [2.45, 2.75) is 12.5 Å². The van der Waals surface area contributed by atoms with Gasteiger partial charge in [0.05, 0.1) is 18.6 Å². The lowest BCUT2D eigenvalue weighted by molar-refractivity contribution is 0.177. The Morgan fingerprint density at radius 2 is 1.88 bits per heavy atom. The highest BCUT2D eigenvalue weighted by molar-refractivity contribution is 6.35. The lowest BCUT2D eigenvalue weighted by Crippen LogP contribution is -2.01. The van der Waals surface area contributed by atoms with Gasteiger partial charge in [-0.1, -0.05) is 29.3 Å². The van der Waals surface area contributed by atoms with Crippen molar-refractivity contribution < 1.29 is 9.52 Å². The molecule has 84 valence electrons. The van der Waals surface area contributed by atoms with Crippen molar-refractivity contribution >= 4 is 23.2 Å². The van der Waals surface area contributed by atoms with Crippen LogP contribution in [0.25, 0.3) is 0 Å². The van der Waals surface area contributed by atoms with Crippen LogP contribution in [0.1, 0.15) is 17.2 Å². The van der Waals surface area contributed by atoms with E-state index in [0.717, 1.165) is 11.1 Å². The largest absolute Gasteiger partial charge is 0.472 e. The van der Waals surface area contributed by atoms with Crippen LogP contribution in [0.15, 0.2) is 41.2 Å². The quantitative estimate of drug-likeness (QED) is 0.905. The second kappa shape index (κ2) is 4.91. The molecule has 1 N–H and O–H groups in total. The van der Waals surface area contributed by atoms with E-state index < -0.39 is 6.10 Å². The molecule has 2 rings (SSSR count). The van der Waals surface area contributed by atoms with Gasteiger partial charge in [0.1, 0.15) is 0 Å². The number of benzene rings is 1. The second-order valence-corrected chi connectivity index (χ2v) is 4.29. The van der Waals surface area contributed by atoms with Gasteiger partial charge in [0, 0.05) is 22.0 Å². The first-order valence-electron chi connectivity index (χ1n) is 4.81. The molecule has 0 fully saturated rings. The minimum atomic E-state index is -0.656. The Kier molecular flexibility index (Phi) is 3.54. The van der Waals surface area contributed by atoms with Gasteiger partial charge in [0.2, 0.25) is 0 Å². The molecule has 1 unspecified atom stereocenters. The Morgan fingerprint density at radius 1 is 1.19 bits per heavy atom. The summed E-state index contributed by atoms with van der Waals surface area (Å²) < 4.78 is 4.91.